The number of fused-ring (bicyclic) bond motifs is 2. The Morgan fingerprint density at radius 1 is 1.12 bits per heavy atom. The van der Waals surface area contributed by atoms with Crippen LogP contribution in [-0.2, 0) is 19.5 Å². The van der Waals surface area contributed by atoms with E-state index in [0.717, 1.165) is 43.4 Å². The fraction of sp³-hybridized carbons (Fsp3) is 0.474. The molecule has 5 rings (SSSR count). The minimum Gasteiger partial charge on any atom is -0.486 e. The summed E-state index contributed by atoms with van der Waals surface area (Å²) >= 11 is 0. The standard InChI is InChI=1S/C19H21N3O2/c1-4-17-18(24-8-7-23-17)9-13(1)11-22-6-5-15-10-20-19(14-2-3-14)21-16(15)12-22/h1,4,9-10,14H,2-3,5-8,11-12H2. The zero-order chi connectivity index (χ0) is 15.9. The summed E-state index contributed by atoms with van der Waals surface area (Å²) in [6.45, 7) is 4.14. The number of rotatable bonds is 3. The van der Waals surface area contributed by atoms with Crippen LogP contribution in [0.5, 0.6) is 11.5 Å². The van der Waals surface area contributed by atoms with Gasteiger partial charge in [-0.05, 0) is 42.5 Å². The zero-order valence-corrected chi connectivity index (χ0v) is 13.7. The molecular weight excluding hydrogens is 302 g/mol. The maximum Gasteiger partial charge on any atom is 0.161 e. The molecule has 0 saturated heterocycles. The van der Waals surface area contributed by atoms with Gasteiger partial charge in [-0.3, -0.25) is 4.90 Å². The molecule has 5 heteroatoms. The predicted octanol–water partition coefficient (Wildman–Crippen LogP) is 2.68. The van der Waals surface area contributed by atoms with Crippen molar-refractivity contribution in [1.82, 2.24) is 14.9 Å². The molecule has 0 spiro atoms. The van der Waals surface area contributed by atoms with Crippen LogP contribution in [0.1, 0.15) is 41.4 Å². The molecule has 5 nitrogen and oxygen atoms in total. The van der Waals surface area contributed by atoms with E-state index < -0.39 is 0 Å². The predicted molar refractivity (Wildman–Crippen MR) is 89.3 cm³/mol. The molecule has 2 aliphatic heterocycles. The Morgan fingerprint density at radius 3 is 2.88 bits per heavy atom. The van der Waals surface area contributed by atoms with Gasteiger partial charge < -0.3 is 9.47 Å². The quantitative estimate of drug-likeness (QED) is 0.869. The summed E-state index contributed by atoms with van der Waals surface area (Å²) in [5.41, 5.74) is 3.80. The molecule has 0 bridgehead atoms. The maximum atomic E-state index is 5.69. The molecule has 0 radical (unpaired) electrons. The van der Waals surface area contributed by atoms with E-state index in [4.69, 9.17) is 14.5 Å². The molecule has 3 heterocycles. The third-order valence-electron chi connectivity index (χ3n) is 5.00. The van der Waals surface area contributed by atoms with Crippen molar-refractivity contribution in [3.63, 3.8) is 0 Å². The third-order valence-corrected chi connectivity index (χ3v) is 5.00. The first kappa shape index (κ1) is 14.2. The molecular formula is C19H21N3O2. The molecule has 0 amide bonds. The molecule has 0 unspecified atom stereocenters. The third kappa shape index (κ3) is 2.73. The van der Waals surface area contributed by atoms with Gasteiger partial charge in [-0.25, -0.2) is 9.97 Å². The fourth-order valence-corrected chi connectivity index (χ4v) is 3.49. The average Bonchev–Trinajstić information content (AvgIpc) is 3.46. The van der Waals surface area contributed by atoms with Crippen LogP contribution in [0.15, 0.2) is 24.4 Å². The van der Waals surface area contributed by atoms with Gasteiger partial charge in [0.25, 0.3) is 0 Å². The Kier molecular flexibility index (Phi) is 3.40. The number of ether oxygens (including phenoxy) is 2. The van der Waals surface area contributed by atoms with Crippen molar-refractivity contribution in [1.29, 1.82) is 0 Å². The molecule has 0 N–H and O–H groups in total. The van der Waals surface area contributed by atoms with E-state index in [0.29, 0.717) is 19.1 Å². The van der Waals surface area contributed by atoms with E-state index in [1.54, 1.807) is 0 Å². The van der Waals surface area contributed by atoms with Crippen molar-refractivity contribution in [2.45, 2.75) is 38.3 Å². The van der Waals surface area contributed by atoms with E-state index in [1.807, 2.05) is 6.07 Å². The number of benzene rings is 1. The molecule has 24 heavy (non-hydrogen) atoms. The van der Waals surface area contributed by atoms with Crippen LogP contribution in [0.25, 0.3) is 0 Å². The number of nitrogens with zero attached hydrogens (tertiary/aromatic N) is 3. The van der Waals surface area contributed by atoms with Gasteiger partial charge >= 0.3 is 0 Å². The van der Waals surface area contributed by atoms with E-state index in [-0.39, 0.29) is 0 Å². The van der Waals surface area contributed by atoms with Crippen LogP contribution in [0, 0.1) is 0 Å². The van der Waals surface area contributed by atoms with E-state index >= 15 is 0 Å². The average molecular weight is 323 g/mol. The van der Waals surface area contributed by atoms with Crippen molar-refractivity contribution >= 4 is 0 Å². The molecule has 124 valence electrons. The lowest BCUT2D eigenvalue weighted by molar-refractivity contribution is 0.171. The summed E-state index contributed by atoms with van der Waals surface area (Å²) in [7, 11) is 0. The topological polar surface area (TPSA) is 47.5 Å². The Morgan fingerprint density at radius 2 is 2.00 bits per heavy atom. The molecule has 2 aromatic rings. The second kappa shape index (κ2) is 5.74. The lowest BCUT2D eigenvalue weighted by Crippen LogP contribution is -2.31. The second-order valence-corrected chi connectivity index (χ2v) is 6.91. The van der Waals surface area contributed by atoms with Crippen LogP contribution in [0.3, 0.4) is 0 Å². The molecule has 1 aromatic heterocycles. The smallest absolute Gasteiger partial charge is 0.161 e. The highest BCUT2D eigenvalue weighted by atomic mass is 16.6. The maximum absolute atomic E-state index is 5.69. The first-order chi connectivity index (χ1) is 11.8. The number of aromatic nitrogens is 2. The van der Waals surface area contributed by atoms with Gasteiger partial charge in [-0.1, -0.05) is 6.07 Å². The van der Waals surface area contributed by atoms with Gasteiger partial charge in [0.2, 0.25) is 0 Å². The fourth-order valence-electron chi connectivity index (χ4n) is 3.49. The van der Waals surface area contributed by atoms with E-state index in [1.165, 1.54) is 29.7 Å². The summed E-state index contributed by atoms with van der Waals surface area (Å²) in [5.74, 6) is 3.39. The first-order valence-electron chi connectivity index (χ1n) is 8.81. The SMILES string of the molecule is c1cc2c(cc1CN1CCc3cnc(C4CC4)nc3C1)OCCO2. The summed E-state index contributed by atoms with van der Waals surface area (Å²) in [5, 5.41) is 0. The molecule has 1 aliphatic carbocycles. The normalized spacial score (nSPS) is 19.8. The molecule has 1 saturated carbocycles. The summed E-state index contributed by atoms with van der Waals surface area (Å²) in [4.78, 5) is 11.8. The Hall–Kier alpha value is -2.14. The molecule has 1 aromatic carbocycles. The van der Waals surface area contributed by atoms with Crippen LogP contribution >= 0.6 is 0 Å². The molecule has 0 atom stereocenters. The van der Waals surface area contributed by atoms with Crippen molar-refractivity contribution in [2.75, 3.05) is 19.8 Å². The summed E-state index contributed by atoms with van der Waals surface area (Å²) in [6.07, 6.45) is 5.58. The highest BCUT2D eigenvalue weighted by molar-refractivity contribution is 5.43. The minimum absolute atomic E-state index is 0.614. The largest absolute Gasteiger partial charge is 0.486 e. The number of hydrogen-bond acceptors (Lipinski definition) is 5. The van der Waals surface area contributed by atoms with Crippen LogP contribution < -0.4 is 9.47 Å². The Labute approximate surface area is 141 Å². The lowest BCUT2D eigenvalue weighted by atomic mass is 10.1. The Bertz CT molecular complexity index is 773. The van der Waals surface area contributed by atoms with Crippen LogP contribution in [0.4, 0.5) is 0 Å². The van der Waals surface area contributed by atoms with Crippen LogP contribution in [0.2, 0.25) is 0 Å². The zero-order valence-electron chi connectivity index (χ0n) is 13.7. The van der Waals surface area contributed by atoms with Crippen molar-refractivity contribution < 1.29 is 9.47 Å². The van der Waals surface area contributed by atoms with E-state index in [9.17, 15) is 0 Å². The Balaban J connectivity index is 1.32. The summed E-state index contributed by atoms with van der Waals surface area (Å²) < 4.78 is 11.3. The lowest BCUT2D eigenvalue weighted by Gasteiger charge is -2.28. The van der Waals surface area contributed by atoms with Crippen LogP contribution in [-0.4, -0.2) is 34.6 Å². The number of hydrogen-bond donors (Lipinski definition) is 0. The molecule has 3 aliphatic rings. The van der Waals surface area contributed by atoms with Gasteiger partial charge in [0.1, 0.15) is 19.0 Å². The van der Waals surface area contributed by atoms with Gasteiger partial charge in [0, 0.05) is 31.7 Å². The van der Waals surface area contributed by atoms with Gasteiger partial charge in [-0.15, -0.1) is 0 Å². The van der Waals surface area contributed by atoms with Crippen molar-refractivity contribution in [3.8, 4) is 11.5 Å². The first-order valence-corrected chi connectivity index (χ1v) is 8.81. The van der Waals surface area contributed by atoms with Crippen molar-refractivity contribution in [3.05, 3.63) is 47.0 Å². The minimum atomic E-state index is 0.614. The molecule has 1 fully saturated rings. The van der Waals surface area contributed by atoms with Crippen molar-refractivity contribution in [2.24, 2.45) is 0 Å². The van der Waals surface area contributed by atoms with Gasteiger partial charge in [0.15, 0.2) is 11.5 Å². The van der Waals surface area contributed by atoms with Gasteiger partial charge in [-0.2, -0.15) is 0 Å². The monoisotopic (exact) mass is 323 g/mol. The van der Waals surface area contributed by atoms with Gasteiger partial charge in [0.05, 0.1) is 5.69 Å². The highest BCUT2D eigenvalue weighted by Gasteiger charge is 2.28. The van der Waals surface area contributed by atoms with E-state index in [2.05, 4.69) is 28.2 Å². The highest BCUT2D eigenvalue weighted by Crippen LogP contribution is 2.38. The second-order valence-electron chi connectivity index (χ2n) is 6.91. The summed E-state index contributed by atoms with van der Waals surface area (Å²) in [6, 6.07) is 6.27.